The molecule has 1 rings (SSSR count). The lowest BCUT2D eigenvalue weighted by Gasteiger charge is -2.34. The highest BCUT2D eigenvalue weighted by Gasteiger charge is 2.17. The fourth-order valence-corrected chi connectivity index (χ4v) is 1.99. The van der Waals surface area contributed by atoms with Crippen LogP contribution in [0.15, 0.2) is 0 Å². The van der Waals surface area contributed by atoms with Gasteiger partial charge in [0.25, 0.3) is 0 Å². The van der Waals surface area contributed by atoms with Crippen molar-refractivity contribution in [1.29, 1.82) is 0 Å². The molecule has 0 aromatic heterocycles. The minimum atomic E-state index is 0.135. The van der Waals surface area contributed by atoms with Crippen molar-refractivity contribution in [3.05, 3.63) is 0 Å². The van der Waals surface area contributed by atoms with Gasteiger partial charge in [-0.2, -0.15) is 0 Å². The number of rotatable bonds is 7. The zero-order valence-electron chi connectivity index (χ0n) is 10.8. The third-order valence-corrected chi connectivity index (χ3v) is 3.04. The molecule has 0 unspecified atom stereocenters. The summed E-state index contributed by atoms with van der Waals surface area (Å²) >= 11 is 0. The molecule has 0 aromatic carbocycles. The summed E-state index contributed by atoms with van der Waals surface area (Å²) in [6.45, 7) is 8.48. The molecule has 1 amide bonds. The van der Waals surface area contributed by atoms with Crippen LogP contribution in [0.25, 0.3) is 0 Å². The summed E-state index contributed by atoms with van der Waals surface area (Å²) in [7, 11) is 0. The summed E-state index contributed by atoms with van der Waals surface area (Å²) in [6, 6.07) is 0. The van der Waals surface area contributed by atoms with Gasteiger partial charge in [-0.3, -0.25) is 9.69 Å². The number of amides is 1. The van der Waals surface area contributed by atoms with Crippen LogP contribution < -0.4 is 5.32 Å². The fourth-order valence-electron chi connectivity index (χ4n) is 1.99. The summed E-state index contributed by atoms with van der Waals surface area (Å²) < 4.78 is 0. The molecule has 2 N–H and O–H groups in total. The van der Waals surface area contributed by atoms with Crippen molar-refractivity contribution in [3.8, 4) is 0 Å². The van der Waals surface area contributed by atoms with E-state index in [4.69, 9.17) is 5.11 Å². The zero-order chi connectivity index (χ0) is 12.5. The lowest BCUT2D eigenvalue weighted by Crippen LogP contribution is -2.49. The van der Waals surface area contributed by atoms with E-state index in [1.54, 1.807) is 0 Å². The Morgan fingerprint density at radius 3 is 2.47 bits per heavy atom. The molecule has 0 aliphatic carbocycles. The molecule has 1 aliphatic rings. The number of hydrogen-bond donors (Lipinski definition) is 2. The Bertz CT molecular complexity index is 216. The van der Waals surface area contributed by atoms with Crippen molar-refractivity contribution in [3.63, 3.8) is 0 Å². The highest BCUT2D eigenvalue weighted by Crippen LogP contribution is 2.01. The van der Waals surface area contributed by atoms with Crippen molar-refractivity contribution in [2.24, 2.45) is 0 Å². The number of aliphatic hydroxyl groups is 1. The first-order valence-corrected chi connectivity index (χ1v) is 6.58. The van der Waals surface area contributed by atoms with Crippen LogP contribution in [0.4, 0.5) is 0 Å². The van der Waals surface area contributed by atoms with E-state index in [9.17, 15) is 4.79 Å². The fraction of sp³-hybridized carbons (Fsp3) is 0.917. The maximum Gasteiger partial charge on any atom is 0.234 e. The average molecular weight is 243 g/mol. The molecule has 1 fully saturated rings. The zero-order valence-corrected chi connectivity index (χ0v) is 10.8. The van der Waals surface area contributed by atoms with Crippen molar-refractivity contribution < 1.29 is 9.90 Å². The van der Waals surface area contributed by atoms with Crippen molar-refractivity contribution in [1.82, 2.24) is 15.1 Å². The number of piperazine rings is 1. The van der Waals surface area contributed by atoms with E-state index in [1.807, 2.05) is 0 Å². The summed E-state index contributed by atoms with van der Waals surface area (Å²) in [5.74, 6) is 0.135. The van der Waals surface area contributed by atoms with Crippen LogP contribution in [0.3, 0.4) is 0 Å². The molecule has 0 radical (unpaired) electrons. The monoisotopic (exact) mass is 243 g/mol. The summed E-state index contributed by atoms with van der Waals surface area (Å²) in [4.78, 5) is 16.1. The predicted octanol–water partition coefficient (Wildman–Crippen LogP) is -0.487. The van der Waals surface area contributed by atoms with Crippen LogP contribution >= 0.6 is 0 Å². The number of hydrogen-bond acceptors (Lipinski definition) is 4. The molecule has 5 heteroatoms. The highest BCUT2D eigenvalue weighted by molar-refractivity contribution is 5.77. The molecule has 0 bridgehead atoms. The van der Waals surface area contributed by atoms with Gasteiger partial charge in [0.2, 0.25) is 5.91 Å². The first-order chi connectivity index (χ1) is 8.26. The Kier molecular flexibility index (Phi) is 7.16. The van der Waals surface area contributed by atoms with Gasteiger partial charge in [0.05, 0.1) is 6.54 Å². The normalized spacial score (nSPS) is 18.2. The molecule has 1 aliphatic heterocycles. The van der Waals surface area contributed by atoms with Crippen LogP contribution in [-0.2, 0) is 4.79 Å². The van der Waals surface area contributed by atoms with Gasteiger partial charge < -0.3 is 15.3 Å². The third kappa shape index (κ3) is 6.00. The molecule has 17 heavy (non-hydrogen) atoms. The molecule has 0 saturated carbocycles. The van der Waals surface area contributed by atoms with E-state index >= 15 is 0 Å². The smallest absolute Gasteiger partial charge is 0.234 e. The molecular weight excluding hydrogens is 218 g/mol. The van der Waals surface area contributed by atoms with Crippen LogP contribution in [0.2, 0.25) is 0 Å². The Morgan fingerprint density at radius 2 is 1.88 bits per heavy atom. The van der Waals surface area contributed by atoms with E-state index in [2.05, 4.69) is 22.0 Å². The number of nitrogens with one attached hydrogen (secondary N) is 1. The first kappa shape index (κ1) is 14.4. The van der Waals surface area contributed by atoms with Gasteiger partial charge in [0.1, 0.15) is 0 Å². The number of carbonyl (C=O) groups excluding carboxylic acids is 1. The predicted molar refractivity (Wildman–Crippen MR) is 67.9 cm³/mol. The van der Waals surface area contributed by atoms with Gasteiger partial charge in [0.15, 0.2) is 0 Å². The van der Waals surface area contributed by atoms with Crippen molar-refractivity contribution in [2.75, 3.05) is 52.4 Å². The van der Waals surface area contributed by atoms with Gasteiger partial charge >= 0.3 is 0 Å². The molecule has 0 spiro atoms. The Hall–Kier alpha value is -0.650. The minimum absolute atomic E-state index is 0.135. The highest BCUT2D eigenvalue weighted by atomic mass is 16.3. The van der Waals surface area contributed by atoms with Gasteiger partial charge in [-0.25, -0.2) is 0 Å². The average Bonchev–Trinajstić information content (AvgIpc) is 2.35. The minimum Gasteiger partial charge on any atom is -0.396 e. The van der Waals surface area contributed by atoms with Crippen LogP contribution in [0, 0.1) is 0 Å². The van der Waals surface area contributed by atoms with E-state index in [0.717, 1.165) is 52.1 Å². The van der Waals surface area contributed by atoms with Gasteiger partial charge in [-0.05, 0) is 12.8 Å². The topological polar surface area (TPSA) is 55.8 Å². The maximum atomic E-state index is 11.5. The molecule has 1 heterocycles. The molecular formula is C12H25N3O2. The molecule has 0 atom stereocenters. The lowest BCUT2D eigenvalue weighted by atomic mass is 10.3. The van der Waals surface area contributed by atoms with Crippen LogP contribution in [-0.4, -0.2) is 73.2 Å². The summed E-state index contributed by atoms with van der Waals surface area (Å²) in [6.07, 6.45) is 1.83. The van der Waals surface area contributed by atoms with Crippen LogP contribution in [0.1, 0.15) is 19.8 Å². The van der Waals surface area contributed by atoms with E-state index in [1.165, 1.54) is 0 Å². The summed E-state index contributed by atoms with van der Waals surface area (Å²) in [5, 5.41) is 11.7. The second-order valence-electron chi connectivity index (χ2n) is 4.54. The third-order valence-electron chi connectivity index (χ3n) is 3.04. The maximum absolute atomic E-state index is 11.5. The van der Waals surface area contributed by atoms with Crippen molar-refractivity contribution in [2.45, 2.75) is 19.8 Å². The van der Waals surface area contributed by atoms with Gasteiger partial charge in [-0.15, -0.1) is 0 Å². The van der Waals surface area contributed by atoms with Gasteiger partial charge in [-0.1, -0.05) is 6.92 Å². The number of carbonyl (C=O) groups is 1. The Morgan fingerprint density at radius 1 is 1.24 bits per heavy atom. The van der Waals surface area contributed by atoms with E-state index < -0.39 is 0 Å². The number of aliphatic hydroxyl groups excluding tert-OH is 1. The van der Waals surface area contributed by atoms with Gasteiger partial charge in [0, 0.05) is 45.9 Å². The molecule has 5 nitrogen and oxygen atoms in total. The molecule has 100 valence electrons. The van der Waals surface area contributed by atoms with Crippen LogP contribution in [0.5, 0.6) is 0 Å². The first-order valence-electron chi connectivity index (χ1n) is 6.58. The largest absolute Gasteiger partial charge is 0.396 e. The quantitative estimate of drug-likeness (QED) is 0.634. The Labute approximate surface area is 104 Å². The summed E-state index contributed by atoms with van der Waals surface area (Å²) in [5.41, 5.74) is 0. The second kappa shape index (κ2) is 8.44. The Balaban J connectivity index is 2.12. The second-order valence-corrected chi connectivity index (χ2v) is 4.54. The number of nitrogens with zero attached hydrogens (tertiary/aromatic N) is 2. The van der Waals surface area contributed by atoms with E-state index in [0.29, 0.717) is 6.54 Å². The van der Waals surface area contributed by atoms with Crippen molar-refractivity contribution >= 4 is 5.91 Å². The lowest BCUT2D eigenvalue weighted by molar-refractivity contribution is -0.122. The van der Waals surface area contributed by atoms with E-state index in [-0.39, 0.29) is 12.5 Å². The molecule has 1 saturated heterocycles. The standard InChI is InChI=1S/C12H25N3O2/c1-2-4-13-12(17)11-15-8-6-14(7-9-15)5-3-10-16/h16H,2-11H2,1H3,(H,13,17). The SMILES string of the molecule is CCCNC(=O)CN1CCN(CCCO)CC1. The molecule has 0 aromatic rings.